The summed E-state index contributed by atoms with van der Waals surface area (Å²) in [5.74, 6) is 0.513. The predicted octanol–water partition coefficient (Wildman–Crippen LogP) is 5.58. The molecule has 3 aromatic carbocycles. The van der Waals surface area contributed by atoms with E-state index in [0.29, 0.717) is 27.9 Å². The number of carbonyl (C=O) groups is 1. The van der Waals surface area contributed by atoms with Gasteiger partial charge < -0.3 is 10.2 Å². The van der Waals surface area contributed by atoms with E-state index in [4.69, 9.17) is 21.5 Å². The lowest BCUT2D eigenvalue weighted by atomic mass is 10.1. The highest BCUT2D eigenvalue weighted by Crippen LogP contribution is 2.26. The molecule has 3 N–H and O–H groups in total. The van der Waals surface area contributed by atoms with Crippen LogP contribution in [0.3, 0.4) is 0 Å². The van der Waals surface area contributed by atoms with E-state index in [2.05, 4.69) is 20.5 Å². The van der Waals surface area contributed by atoms with Crippen LogP contribution in [0, 0.1) is 0 Å². The van der Waals surface area contributed by atoms with Crippen molar-refractivity contribution in [3.8, 4) is 17.1 Å². The fourth-order valence-corrected chi connectivity index (χ4v) is 2.99. The number of hydrogen-bond acceptors (Lipinski definition) is 6. The summed E-state index contributed by atoms with van der Waals surface area (Å²) in [6.45, 7) is 2.91. The van der Waals surface area contributed by atoms with Gasteiger partial charge in [0, 0.05) is 28.5 Å². The number of aliphatic carboxylic acids is 1. The number of halogens is 1. The van der Waals surface area contributed by atoms with Crippen molar-refractivity contribution < 1.29 is 15.0 Å². The molecule has 4 rings (SSSR count). The number of rotatable bonds is 4. The maximum absolute atomic E-state index is 10.0. The molecule has 0 spiro atoms. The van der Waals surface area contributed by atoms with E-state index in [1.807, 2.05) is 67.6 Å². The van der Waals surface area contributed by atoms with Crippen LogP contribution < -0.4 is 5.43 Å². The summed E-state index contributed by atoms with van der Waals surface area (Å²) < 4.78 is 0. The van der Waals surface area contributed by atoms with E-state index in [1.54, 1.807) is 12.1 Å². The smallest absolute Gasteiger partial charge is 0.300 e. The Labute approximate surface area is 190 Å². The molecule has 0 unspecified atom stereocenters. The number of carboxylic acids is 1. The number of aromatic nitrogens is 2. The lowest BCUT2D eigenvalue weighted by Gasteiger charge is -2.09. The molecule has 0 bridgehead atoms. The summed E-state index contributed by atoms with van der Waals surface area (Å²) in [7, 11) is 0. The Morgan fingerprint density at radius 2 is 1.56 bits per heavy atom. The normalized spacial score (nSPS) is 10.9. The Morgan fingerprint density at radius 1 is 0.938 bits per heavy atom. The number of carboxylic acid groups (broad SMARTS) is 1. The van der Waals surface area contributed by atoms with Crippen molar-refractivity contribution >= 4 is 40.0 Å². The summed E-state index contributed by atoms with van der Waals surface area (Å²) in [6.07, 6.45) is 0. The van der Waals surface area contributed by atoms with Crippen molar-refractivity contribution in [1.29, 1.82) is 0 Å². The van der Waals surface area contributed by atoms with Crippen LogP contribution in [0.2, 0.25) is 5.02 Å². The maximum Gasteiger partial charge on any atom is 0.300 e. The van der Waals surface area contributed by atoms with Crippen LogP contribution in [0.25, 0.3) is 22.3 Å². The SMILES string of the molecule is C/C(=N\Nc1nc(-c2ccc(Cl)cc2)nc2ccccc12)c1ccccc1O.CC(=O)O. The van der Waals surface area contributed by atoms with Crippen molar-refractivity contribution in [1.82, 2.24) is 9.97 Å². The van der Waals surface area contributed by atoms with Crippen LogP contribution in [0.4, 0.5) is 5.82 Å². The van der Waals surface area contributed by atoms with Gasteiger partial charge in [0.2, 0.25) is 0 Å². The maximum atomic E-state index is 10.0. The number of aromatic hydroxyl groups is 1. The molecule has 0 aliphatic carbocycles. The van der Waals surface area contributed by atoms with Crippen molar-refractivity contribution in [3.05, 3.63) is 83.4 Å². The van der Waals surface area contributed by atoms with Crippen LogP contribution in [0.1, 0.15) is 19.4 Å². The average Bonchev–Trinajstić information content (AvgIpc) is 2.77. The molecule has 8 heteroatoms. The van der Waals surface area contributed by atoms with Gasteiger partial charge in [0.15, 0.2) is 11.6 Å². The van der Waals surface area contributed by atoms with Crippen LogP contribution >= 0.6 is 11.6 Å². The quantitative estimate of drug-likeness (QED) is 0.277. The van der Waals surface area contributed by atoms with Gasteiger partial charge in [-0.15, -0.1) is 0 Å². The Bertz CT molecular complexity index is 1270. The number of fused-ring (bicyclic) bond motifs is 1. The van der Waals surface area contributed by atoms with E-state index in [-0.39, 0.29) is 5.75 Å². The number of phenols is 1. The highest BCUT2D eigenvalue weighted by molar-refractivity contribution is 6.30. The van der Waals surface area contributed by atoms with Gasteiger partial charge in [-0.05, 0) is 55.5 Å². The Hall–Kier alpha value is -3.97. The van der Waals surface area contributed by atoms with Crippen molar-refractivity contribution in [2.45, 2.75) is 13.8 Å². The molecule has 0 radical (unpaired) electrons. The van der Waals surface area contributed by atoms with Crippen molar-refractivity contribution in [2.75, 3.05) is 5.43 Å². The second-order valence-corrected chi connectivity index (χ2v) is 7.20. The van der Waals surface area contributed by atoms with Gasteiger partial charge in [0.05, 0.1) is 11.2 Å². The van der Waals surface area contributed by atoms with Gasteiger partial charge in [-0.25, -0.2) is 9.97 Å². The molecular weight excluding hydrogens is 428 g/mol. The first-order valence-electron chi connectivity index (χ1n) is 9.66. The minimum Gasteiger partial charge on any atom is -0.507 e. The number of nitrogens with zero attached hydrogens (tertiary/aromatic N) is 3. The van der Waals surface area contributed by atoms with Gasteiger partial charge in [-0.2, -0.15) is 5.10 Å². The number of para-hydroxylation sites is 2. The zero-order chi connectivity index (χ0) is 23.1. The fraction of sp³-hybridized carbons (Fsp3) is 0.0833. The molecule has 1 aromatic heterocycles. The van der Waals surface area contributed by atoms with E-state index in [0.717, 1.165) is 23.4 Å². The van der Waals surface area contributed by atoms with E-state index in [9.17, 15) is 5.11 Å². The molecule has 0 atom stereocenters. The Balaban J connectivity index is 0.000000668. The number of phenolic OH excluding ortho intramolecular Hbond substituents is 1. The predicted molar refractivity (Wildman–Crippen MR) is 127 cm³/mol. The zero-order valence-electron chi connectivity index (χ0n) is 17.5. The van der Waals surface area contributed by atoms with E-state index >= 15 is 0 Å². The summed E-state index contributed by atoms with van der Waals surface area (Å²) in [5.41, 5.74) is 6.01. The monoisotopic (exact) mass is 448 g/mol. The highest BCUT2D eigenvalue weighted by atomic mass is 35.5. The summed E-state index contributed by atoms with van der Waals surface area (Å²) in [6, 6.07) is 22.2. The minimum absolute atomic E-state index is 0.181. The first-order chi connectivity index (χ1) is 15.3. The molecule has 4 aromatic rings. The van der Waals surface area contributed by atoms with Gasteiger partial charge >= 0.3 is 0 Å². The molecule has 0 fully saturated rings. The van der Waals surface area contributed by atoms with Gasteiger partial charge in [-0.1, -0.05) is 35.9 Å². The lowest BCUT2D eigenvalue weighted by molar-refractivity contribution is -0.134. The van der Waals surface area contributed by atoms with Crippen LogP contribution in [0.15, 0.2) is 77.9 Å². The van der Waals surface area contributed by atoms with Crippen LogP contribution in [-0.4, -0.2) is 31.9 Å². The summed E-state index contributed by atoms with van der Waals surface area (Å²) in [4.78, 5) is 18.3. The Kier molecular flexibility index (Phi) is 7.36. The Morgan fingerprint density at radius 3 is 2.25 bits per heavy atom. The molecule has 0 aliphatic rings. The third kappa shape index (κ3) is 5.80. The average molecular weight is 449 g/mol. The largest absolute Gasteiger partial charge is 0.507 e. The fourth-order valence-electron chi connectivity index (χ4n) is 2.87. The van der Waals surface area contributed by atoms with Crippen LogP contribution in [0.5, 0.6) is 5.75 Å². The zero-order valence-corrected chi connectivity index (χ0v) is 18.2. The first kappa shape index (κ1) is 22.7. The second-order valence-electron chi connectivity index (χ2n) is 6.77. The van der Waals surface area contributed by atoms with Crippen molar-refractivity contribution in [3.63, 3.8) is 0 Å². The number of anilines is 1. The second kappa shape index (κ2) is 10.4. The number of nitrogens with one attached hydrogen (secondary N) is 1. The summed E-state index contributed by atoms with van der Waals surface area (Å²) in [5, 5.41) is 23.4. The highest BCUT2D eigenvalue weighted by Gasteiger charge is 2.10. The number of benzene rings is 3. The number of hydrazone groups is 1. The molecular formula is C24H21ClN4O3. The number of hydrogen-bond donors (Lipinski definition) is 3. The standard InChI is InChI=1S/C22H17ClN4O.C2H4O2/c1-14(17-6-3-5-9-20(17)28)26-27-22-18-7-2-4-8-19(18)24-21(25-22)15-10-12-16(23)13-11-15;1-2(3)4/h2-13,28H,1H3,(H,24,25,27);1H3,(H,3,4)/b26-14+;. The van der Waals surface area contributed by atoms with E-state index in [1.165, 1.54) is 0 Å². The third-order valence-electron chi connectivity index (χ3n) is 4.33. The molecule has 7 nitrogen and oxygen atoms in total. The minimum atomic E-state index is -0.833. The van der Waals surface area contributed by atoms with Gasteiger partial charge in [0.1, 0.15) is 5.75 Å². The first-order valence-corrected chi connectivity index (χ1v) is 10.0. The topological polar surface area (TPSA) is 108 Å². The molecule has 0 saturated carbocycles. The molecule has 0 aliphatic heterocycles. The summed E-state index contributed by atoms with van der Waals surface area (Å²) >= 11 is 5.99. The van der Waals surface area contributed by atoms with E-state index < -0.39 is 5.97 Å². The lowest BCUT2D eigenvalue weighted by Crippen LogP contribution is -2.03. The molecule has 32 heavy (non-hydrogen) atoms. The molecule has 162 valence electrons. The van der Waals surface area contributed by atoms with Crippen LogP contribution in [-0.2, 0) is 4.79 Å². The third-order valence-corrected chi connectivity index (χ3v) is 4.58. The molecule has 1 heterocycles. The molecule has 0 amide bonds. The van der Waals surface area contributed by atoms with Crippen molar-refractivity contribution in [2.24, 2.45) is 5.10 Å². The van der Waals surface area contributed by atoms with Gasteiger partial charge in [0.25, 0.3) is 5.97 Å². The molecule has 0 saturated heterocycles. The van der Waals surface area contributed by atoms with Gasteiger partial charge in [-0.3, -0.25) is 10.2 Å².